The molecular weight excluding hydrogens is 427 g/mol. The first-order valence-electron chi connectivity index (χ1n) is 9.25. The molecule has 164 valence electrons. The molecular formula is C22H16F3N3O4. The van der Waals surface area contributed by atoms with Gasteiger partial charge in [-0.25, -0.2) is 27.6 Å². The number of halogens is 3. The number of fused-ring (bicyclic) bond motifs is 1. The molecule has 1 N–H and O–H groups in total. The van der Waals surface area contributed by atoms with Gasteiger partial charge in [0.05, 0.1) is 36.6 Å². The van der Waals surface area contributed by atoms with Crippen LogP contribution in [0.5, 0.6) is 11.5 Å². The molecule has 32 heavy (non-hydrogen) atoms. The molecule has 0 radical (unpaired) electrons. The van der Waals surface area contributed by atoms with Crippen molar-refractivity contribution in [2.45, 2.75) is 6.92 Å². The average Bonchev–Trinajstić information content (AvgIpc) is 3.09. The van der Waals surface area contributed by atoms with Crippen LogP contribution in [-0.4, -0.2) is 40.1 Å². The van der Waals surface area contributed by atoms with Crippen LogP contribution >= 0.6 is 0 Å². The van der Waals surface area contributed by atoms with Crippen molar-refractivity contribution >= 4 is 17.0 Å². The van der Waals surface area contributed by atoms with Gasteiger partial charge in [-0.2, -0.15) is 5.10 Å². The first-order valence-corrected chi connectivity index (χ1v) is 9.25. The fourth-order valence-corrected chi connectivity index (χ4v) is 3.49. The van der Waals surface area contributed by atoms with Gasteiger partial charge in [0, 0.05) is 29.8 Å². The number of pyridine rings is 1. The van der Waals surface area contributed by atoms with Gasteiger partial charge in [-0.15, -0.1) is 0 Å². The molecule has 0 aliphatic heterocycles. The summed E-state index contributed by atoms with van der Waals surface area (Å²) in [4.78, 5) is 15.8. The predicted octanol–water partition coefficient (Wildman–Crippen LogP) is 4.53. The average molecular weight is 443 g/mol. The minimum Gasteiger partial charge on any atom is -0.497 e. The number of carboxylic acids is 1. The van der Waals surface area contributed by atoms with E-state index in [-0.39, 0.29) is 33.8 Å². The zero-order chi connectivity index (χ0) is 23.2. The lowest BCUT2D eigenvalue weighted by atomic mass is 9.99. The monoisotopic (exact) mass is 443 g/mol. The number of hydrogen-bond acceptors (Lipinski definition) is 5. The Kier molecular flexibility index (Phi) is 5.21. The van der Waals surface area contributed by atoms with Crippen molar-refractivity contribution in [3.05, 3.63) is 65.2 Å². The fourth-order valence-electron chi connectivity index (χ4n) is 3.49. The number of aromatic carboxylic acids is 1. The Labute approximate surface area is 179 Å². The molecule has 4 aromatic rings. The SMILES string of the molecule is COc1cc(F)cc(-n2nc(C)c3c(-c4c(F)cc(OC)cc4F)cc(C(=O)O)nc32)c1. The summed E-state index contributed by atoms with van der Waals surface area (Å²) in [5.41, 5.74) is -0.502. The van der Waals surface area contributed by atoms with Gasteiger partial charge in [0.1, 0.15) is 29.0 Å². The third kappa shape index (κ3) is 3.49. The van der Waals surface area contributed by atoms with Crippen LogP contribution in [0.4, 0.5) is 13.2 Å². The zero-order valence-corrected chi connectivity index (χ0v) is 17.1. The molecule has 0 atom stereocenters. The second-order valence-electron chi connectivity index (χ2n) is 6.87. The third-order valence-corrected chi connectivity index (χ3v) is 4.89. The van der Waals surface area contributed by atoms with Crippen LogP contribution in [0.3, 0.4) is 0 Å². The van der Waals surface area contributed by atoms with Crippen LogP contribution < -0.4 is 9.47 Å². The maximum absolute atomic E-state index is 14.9. The molecule has 0 aliphatic carbocycles. The lowest BCUT2D eigenvalue weighted by molar-refractivity contribution is 0.0691. The topological polar surface area (TPSA) is 86.5 Å². The second kappa shape index (κ2) is 7.88. The standard InChI is InChI=1S/C22H16F3N3O4/c1-10-19-15(20-16(24)7-14(32-3)8-17(20)25)9-18(22(29)30)26-21(19)28(27-10)12-4-11(23)5-13(6-12)31-2/h4-9H,1-3H3,(H,29,30). The molecule has 0 spiro atoms. The number of ether oxygens (including phenoxy) is 2. The Morgan fingerprint density at radius 1 is 0.969 bits per heavy atom. The summed E-state index contributed by atoms with van der Waals surface area (Å²) in [6.07, 6.45) is 0. The van der Waals surface area contributed by atoms with Gasteiger partial charge in [-0.05, 0) is 19.1 Å². The largest absolute Gasteiger partial charge is 0.497 e. The van der Waals surface area contributed by atoms with Crippen molar-refractivity contribution < 1.29 is 32.5 Å². The number of hydrogen-bond donors (Lipinski definition) is 1. The molecule has 10 heteroatoms. The first kappa shape index (κ1) is 21.2. The number of rotatable bonds is 5. The van der Waals surface area contributed by atoms with Crippen molar-refractivity contribution in [1.29, 1.82) is 0 Å². The van der Waals surface area contributed by atoms with E-state index in [2.05, 4.69) is 10.1 Å². The summed E-state index contributed by atoms with van der Waals surface area (Å²) in [5, 5.41) is 14.1. The number of carboxylic acid groups (broad SMARTS) is 1. The van der Waals surface area contributed by atoms with E-state index in [9.17, 15) is 23.1 Å². The molecule has 0 bridgehead atoms. The van der Waals surface area contributed by atoms with Gasteiger partial charge in [0.2, 0.25) is 0 Å². The lowest BCUT2D eigenvalue weighted by Crippen LogP contribution is -2.05. The molecule has 0 saturated heterocycles. The van der Waals surface area contributed by atoms with E-state index >= 15 is 0 Å². The summed E-state index contributed by atoms with van der Waals surface area (Å²) < 4.78 is 55.0. The molecule has 0 saturated carbocycles. The Bertz CT molecular complexity index is 1360. The van der Waals surface area contributed by atoms with E-state index < -0.39 is 34.7 Å². The summed E-state index contributed by atoms with van der Waals surface area (Å²) >= 11 is 0. The highest BCUT2D eigenvalue weighted by Gasteiger charge is 2.24. The number of nitrogens with zero attached hydrogens (tertiary/aromatic N) is 3. The summed E-state index contributed by atoms with van der Waals surface area (Å²) in [7, 11) is 2.63. The number of aromatic nitrogens is 3. The number of aryl methyl sites for hydroxylation is 1. The molecule has 7 nitrogen and oxygen atoms in total. The molecule has 0 aliphatic rings. The maximum atomic E-state index is 14.9. The van der Waals surface area contributed by atoms with Crippen LogP contribution in [0.1, 0.15) is 16.2 Å². The summed E-state index contributed by atoms with van der Waals surface area (Å²) in [6.45, 7) is 1.57. The number of carbonyl (C=O) groups is 1. The van der Waals surface area contributed by atoms with Gasteiger partial charge in [-0.1, -0.05) is 0 Å². The highest BCUT2D eigenvalue weighted by Crippen LogP contribution is 2.37. The quantitative estimate of drug-likeness (QED) is 0.488. The molecule has 2 aromatic heterocycles. The second-order valence-corrected chi connectivity index (χ2v) is 6.87. The Balaban J connectivity index is 2.09. The van der Waals surface area contributed by atoms with Crippen molar-refractivity contribution in [1.82, 2.24) is 14.8 Å². The predicted molar refractivity (Wildman–Crippen MR) is 109 cm³/mol. The van der Waals surface area contributed by atoms with Gasteiger partial charge in [0.15, 0.2) is 11.3 Å². The van der Waals surface area contributed by atoms with Crippen LogP contribution in [0.15, 0.2) is 36.4 Å². The van der Waals surface area contributed by atoms with E-state index in [1.54, 1.807) is 6.92 Å². The molecule has 2 heterocycles. The molecule has 4 rings (SSSR count). The van der Waals surface area contributed by atoms with Crippen LogP contribution in [0.2, 0.25) is 0 Å². The molecule has 0 unspecified atom stereocenters. The Hall–Kier alpha value is -4.08. The number of methoxy groups -OCH3 is 2. The van der Waals surface area contributed by atoms with E-state index in [4.69, 9.17) is 9.47 Å². The lowest BCUT2D eigenvalue weighted by Gasteiger charge is -2.11. The van der Waals surface area contributed by atoms with Gasteiger partial charge >= 0.3 is 5.97 Å². The maximum Gasteiger partial charge on any atom is 0.354 e. The van der Waals surface area contributed by atoms with Crippen molar-refractivity contribution in [2.75, 3.05) is 14.2 Å². The zero-order valence-electron chi connectivity index (χ0n) is 17.1. The van der Waals surface area contributed by atoms with Gasteiger partial charge in [-0.3, -0.25) is 0 Å². The van der Waals surface area contributed by atoms with Crippen molar-refractivity contribution in [2.24, 2.45) is 0 Å². The third-order valence-electron chi connectivity index (χ3n) is 4.89. The van der Waals surface area contributed by atoms with Gasteiger partial charge < -0.3 is 14.6 Å². The van der Waals surface area contributed by atoms with Gasteiger partial charge in [0.25, 0.3) is 0 Å². The van der Waals surface area contributed by atoms with Crippen molar-refractivity contribution in [3.63, 3.8) is 0 Å². The first-order chi connectivity index (χ1) is 15.2. The normalized spacial score (nSPS) is 11.1. The van der Waals surface area contributed by atoms with E-state index in [0.717, 1.165) is 30.3 Å². The summed E-state index contributed by atoms with van der Waals surface area (Å²) in [5.74, 6) is -3.78. The Morgan fingerprint density at radius 3 is 2.19 bits per heavy atom. The van der Waals surface area contributed by atoms with E-state index in [1.807, 2.05) is 0 Å². The van der Waals surface area contributed by atoms with E-state index in [0.29, 0.717) is 5.69 Å². The highest BCUT2D eigenvalue weighted by molar-refractivity contribution is 6.00. The summed E-state index contributed by atoms with van der Waals surface area (Å²) in [6, 6.07) is 6.83. The van der Waals surface area contributed by atoms with Crippen LogP contribution in [0.25, 0.3) is 27.8 Å². The molecule has 2 aromatic carbocycles. The number of benzene rings is 2. The smallest absolute Gasteiger partial charge is 0.354 e. The van der Waals surface area contributed by atoms with Crippen LogP contribution in [0, 0.1) is 24.4 Å². The minimum atomic E-state index is -1.41. The fraction of sp³-hybridized carbons (Fsp3) is 0.136. The molecule has 0 amide bonds. The molecule has 0 fully saturated rings. The minimum absolute atomic E-state index is 0.0142. The Morgan fingerprint density at radius 2 is 1.59 bits per heavy atom. The highest BCUT2D eigenvalue weighted by atomic mass is 19.1. The van der Waals surface area contributed by atoms with Crippen LogP contribution in [-0.2, 0) is 0 Å². The van der Waals surface area contributed by atoms with Crippen molar-refractivity contribution in [3.8, 4) is 28.3 Å². The van der Waals surface area contributed by atoms with E-state index in [1.165, 1.54) is 25.0 Å².